The fourth-order valence-corrected chi connectivity index (χ4v) is 1.89. The highest BCUT2D eigenvalue weighted by molar-refractivity contribution is 4.99. The Bertz CT molecular complexity index is 267. The van der Waals surface area contributed by atoms with Crippen LogP contribution in [0.25, 0.3) is 0 Å². The molecular formula is C12H20N2O. The second-order valence-corrected chi connectivity index (χ2v) is 4.45. The Balaban J connectivity index is 1.57. The van der Waals surface area contributed by atoms with Gasteiger partial charge in [0.25, 0.3) is 0 Å². The highest BCUT2D eigenvalue weighted by atomic mass is 16.3. The third-order valence-corrected chi connectivity index (χ3v) is 3.00. The van der Waals surface area contributed by atoms with Crippen molar-refractivity contribution in [1.29, 1.82) is 0 Å². The molecule has 0 amide bonds. The van der Waals surface area contributed by atoms with Crippen LogP contribution in [0.2, 0.25) is 0 Å². The average molecular weight is 208 g/mol. The lowest BCUT2D eigenvalue weighted by Crippen LogP contribution is -2.43. The van der Waals surface area contributed by atoms with Crippen LogP contribution < -0.4 is 10.6 Å². The van der Waals surface area contributed by atoms with Gasteiger partial charge in [0.1, 0.15) is 5.76 Å². The zero-order chi connectivity index (χ0) is 10.5. The lowest BCUT2D eigenvalue weighted by atomic mass is 9.99. The van der Waals surface area contributed by atoms with Gasteiger partial charge in [-0.1, -0.05) is 0 Å². The molecule has 1 atom stereocenters. The summed E-state index contributed by atoms with van der Waals surface area (Å²) in [5.74, 6) is 1.97. The first-order valence-corrected chi connectivity index (χ1v) is 5.81. The minimum atomic E-state index is 0.504. The van der Waals surface area contributed by atoms with Gasteiger partial charge >= 0.3 is 0 Å². The molecule has 1 fully saturated rings. The molecule has 0 aliphatic carbocycles. The van der Waals surface area contributed by atoms with Gasteiger partial charge in [0.05, 0.1) is 6.26 Å². The summed E-state index contributed by atoms with van der Waals surface area (Å²) < 4.78 is 5.31. The van der Waals surface area contributed by atoms with Gasteiger partial charge in [0, 0.05) is 12.5 Å². The molecule has 2 N–H and O–H groups in total. The Labute approximate surface area is 91.2 Å². The lowest BCUT2D eigenvalue weighted by molar-refractivity contribution is 0.316. The van der Waals surface area contributed by atoms with Gasteiger partial charge in [-0.2, -0.15) is 0 Å². The van der Waals surface area contributed by atoms with Gasteiger partial charge in [-0.25, -0.2) is 0 Å². The van der Waals surface area contributed by atoms with Crippen molar-refractivity contribution in [2.75, 3.05) is 19.6 Å². The summed E-state index contributed by atoms with van der Waals surface area (Å²) in [6.45, 7) is 5.73. The molecule has 3 heteroatoms. The summed E-state index contributed by atoms with van der Waals surface area (Å²) in [5.41, 5.74) is 0. The van der Waals surface area contributed by atoms with E-state index in [4.69, 9.17) is 4.42 Å². The number of nitrogens with one attached hydrogen (secondary N) is 2. The van der Waals surface area contributed by atoms with Crippen LogP contribution in [0, 0.1) is 5.92 Å². The molecule has 0 spiro atoms. The molecular weight excluding hydrogens is 188 g/mol. The lowest BCUT2D eigenvalue weighted by Gasteiger charge is -2.27. The molecule has 0 saturated carbocycles. The zero-order valence-electron chi connectivity index (χ0n) is 9.33. The molecule has 0 aromatic carbocycles. The minimum Gasteiger partial charge on any atom is -0.469 e. The van der Waals surface area contributed by atoms with E-state index in [-0.39, 0.29) is 0 Å². The number of hydrogen-bond acceptors (Lipinski definition) is 3. The molecule has 0 bridgehead atoms. The van der Waals surface area contributed by atoms with E-state index < -0.39 is 0 Å². The highest BCUT2D eigenvalue weighted by Crippen LogP contribution is 2.08. The summed E-state index contributed by atoms with van der Waals surface area (Å²) in [7, 11) is 0. The van der Waals surface area contributed by atoms with Crippen molar-refractivity contribution in [3.63, 3.8) is 0 Å². The fraction of sp³-hybridized carbons (Fsp3) is 0.667. The maximum Gasteiger partial charge on any atom is 0.105 e. The van der Waals surface area contributed by atoms with E-state index in [1.165, 1.54) is 19.5 Å². The molecule has 15 heavy (non-hydrogen) atoms. The Hall–Kier alpha value is -0.800. The summed E-state index contributed by atoms with van der Waals surface area (Å²) in [6.07, 6.45) is 4.01. The average Bonchev–Trinajstić information content (AvgIpc) is 2.62. The topological polar surface area (TPSA) is 37.2 Å². The standard InChI is InChI=1S/C12H20N2O/c1-10(7-12-3-2-6-15-12)14-5-4-11-8-13-9-11/h2-3,6,10-11,13-14H,4-5,7-9H2,1H3. The van der Waals surface area contributed by atoms with Crippen LogP contribution in [0.4, 0.5) is 0 Å². The number of furan rings is 1. The van der Waals surface area contributed by atoms with Crippen molar-refractivity contribution in [1.82, 2.24) is 10.6 Å². The first-order chi connectivity index (χ1) is 7.34. The molecule has 3 nitrogen and oxygen atoms in total. The summed E-state index contributed by atoms with van der Waals surface area (Å²) >= 11 is 0. The number of hydrogen-bond donors (Lipinski definition) is 2. The zero-order valence-corrected chi connectivity index (χ0v) is 9.33. The molecule has 1 unspecified atom stereocenters. The first kappa shape index (κ1) is 10.7. The predicted octanol–water partition coefficient (Wildman–Crippen LogP) is 1.41. The third-order valence-electron chi connectivity index (χ3n) is 3.00. The molecule has 84 valence electrons. The van der Waals surface area contributed by atoms with Crippen LogP contribution in [-0.4, -0.2) is 25.7 Å². The Morgan fingerprint density at radius 3 is 3.07 bits per heavy atom. The van der Waals surface area contributed by atoms with Gasteiger partial charge in [-0.15, -0.1) is 0 Å². The van der Waals surface area contributed by atoms with Crippen LogP contribution in [0.3, 0.4) is 0 Å². The van der Waals surface area contributed by atoms with E-state index in [0.717, 1.165) is 24.6 Å². The van der Waals surface area contributed by atoms with Crippen LogP contribution in [0.5, 0.6) is 0 Å². The van der Waals surface area contributed by atoms with Gasteiger partial charge in [-0.05, 0) is 51.0 Å². The summed E-state index contributed by atoms with van der Waals surface area (Å²) in [5, 5.41) is 6.83. The van der Waals surface area contributed by atoms with Crippen LogP contribution in [0.15, 0.2) is 22.8 Å². The van der Waals surface area contributed by atoms with Gasteiger partial charge in [0.2, 0.25) is 0 Å². The first-order valence-electron chi connectivity index (χ1n) is 5.81. The van der Waals surface area contributed by atoms with Crippen molar-refractivity contribution in [2.45, 2.75) is 25.8 Å². The van der Waals surface area contributed by atoms with Crippen molar-refractivity contribution in [3.05, 3.63) is 24.2 Å². The highest BCUT2D eigenvalue weighted by Gasteiger charge is 2.16. The summed E-state index contributed by atoms with van der Waals surface area (Å²) in [6, 6.07) is 4.49. The molecule has 2 rings (SSSR count). The molecule has 1 aliphatic rings. The predicted molar refractivity (Wildman–Crippen MR) is 60.9 cm³/mol. The van der Waals surface area contributed by atoms with Crippen molar-refractivity contribution in [2.24, 2.45) is 5.92 Å². The van der Waals surface area contributed by atoms with E-state index in [9.17, 15) is 0 Å². The van der Waals surface area contributed by atoms with Gasteiger partial charge < -0.3 is 15.1 Å². The second kappa shape index (κ2) is 5.33. The molecule has 1 aromatic rings. The number of rotatable bonds is 6. The quantitative estimate of drug-likeness (QED) is 0.742. The van der Waals surface area contributed by atoms with Gasteiger partial charge in [-0.3, -0.25) is 0 Å². The van der Waals surface area contributed by atoms with E-state index in [1.54, 1.807) is 6.26 Å². The largest absolute Gasteiger partial charge is 0.469 e. The van der Waals surface area contributed by atoms with Crippen molar-refractivity contribution >= 4 is 0 Å². The van der Waals surface area contributed by atoms with Crippen LogP contribution in [-0.2, 0) is 6.42 Å². The van der Waals surface area contributed by atoms with Crippen molar-refractivity contribution in [3.8, 4) is 0 Å². The summed E-state index contributed by atoms with van der Waals surface area (Å²) in [4.78, 5) is 0. The normalized spacial score (nSPS) is 18.7. The fourth-order valence-electron chi connectivity index (χ4n) is 1.89. The van der Waals surface area contributed by atoms with E-state index in [1.807, 2.05) is 12.1 Å². The molecule has 0 radical (unpaired) electrons. The van der Waals surface area contributed by atoms with Gasteiger partial charge in [0.15, 0.2) is 0 Å². The second-order valence-electron chi connectivity index (χ2n) is 4.45. The van der Waals surface area contributed by atoms with Crippen LogP contribution >= 0.6 is 0 Å². The maximum atomic E-state index is 5.31. The molecule has 1 saturated heterocycles. The molecule has 1 aliphatic heterocycles. The maximum absolute atomic E-state index is 5.31. The SMILES string of the molecule is CC(Cc1ccco1)NCCC1CNC1. The van der Waals surface area contributed by atoms with E-state index in [2.05, 4.69) is 17.6 Å². The molecule has 2 heterocycles. The third kappa shape index (κ3) is 3.36. The Morgan fingerprint density at radius 1 is 1.60 bits per heavy atom. The smallest absolute Gasteiger partial charge is 0.105 e. The monoisotopic (exact) mass is 208 g/mol. The van der Waals surface area contributed by atoms with E-state index in [0.29, 0.717) is 6.04 Å². The van der Waals surface area contributed by atoms with Crippen LogP contribution in [0.1, 0.15) is 19.1 Å². The molecule has 1 aromatic heterocycles. The van der Waals surface area contributed by atoms with Crippen molar-refractivity contribution < 1.29 is 4.42 Å². The Kier molecular flexibility index (Phi) is 3.80. The Morgan fingerprint density at radius 2 is 2.47 bits per heavy atom. The minimum absolute atomic E-state index is 0.504. The van der Waals surface area contributed by atoms with E-state index >= 15 is 0 Å².